The van der Waals surface area contributed by atoms with Gasteiger partial charge in [0, 0.05) is 28.2 Å². The van der Waals surface area contributed by atoms with Crippen molar-refractivity contribution in [1.82, 2.24) is 40.9 Å². The van der Waals surface area contributed by atoms with Crippen LogP contribution in [0, 0.1) is 35.5 Å². The van der Waals surface area contributed by atoms with E-state index in [1.54, 1.807) is 7.05 Å². The number of carbonyl (C=O) groups excluding carboxylic acids is 8. The van der Waals surface area contributed by atoms with Crippen LogP contribution in [-0.4, -0.2) is 151 Å². The molecule has 0 saturated heterocycles. The summed E-state index contributed by atoms with van der Waals surface area (Å²) >= 11 is 0. The normalized spacial score (nSPS) is 15.7. The molecule has 0 rings (SSSR count). The lowest BCUT2D eigenvalue weighted by Gasteiger charge is -2.38. The summed E-state index contributed by atoms with van der Waals surface area (Å²) in [5, 5.41) is 11.3. The Balaban J connectivity index is 6.24. The molecule has 7 amide bonds. The average molecular weight is 864 g/mol. The molecule has 0 saturated carbocycles. The number of likely N-dealkylation sites (N-methyl/N-ethyl adjacent to an activating group) is 5. The molecule has 351 valence electrons. The molecule has 0 fully saturated rings. The van der Waals surface area contributed by atoms with E-state index in [2.05, 4.69) is 21.3 Å². The van der Waals surface area contributed by atoms with Gasteiger partial charge in [0.25, 0.3) is 0 Å². The Labute approximate surface area is 367 Å². The summed E-state index contributed by atoms with van der Waals surface area (Å²) in [4.78, 5) is 114. The van der Waals surface area contributed by atoms with E-state index >= 15 is 0 Å². The lowest BCUT2D eigenvalue weighted by atomic mass is 9.96. The monoisotopic (exact) mass is 864 g/mol. The summed E-state index contributed by atoms with van der Waals surface area (Å²) in [6.45, 7) is 25.7. The Hall–Kier alpha value is -4.08. The highest BCUT2D eigenvalue weighted by Crippen LogP contribution is 2.21. The quantitative estimate of drug-likeness (QED) is 0.101. The van der Waals surface area contributed by atoms with Gasteiger partial charge in [-0.2, -0.15) is 0 Å². The van der Waals surface area contributed by atoms with E-state index in [0.29, 0.717) is 12.8 Å². The molecule has 8 atom stereocenters. The summed E-state index contributed by atoms with van der Waals surface area (Å²) in [5.41, 5.74) is 0. The molecule has 16 heteroatoms. The summed E-state index contributed by atoms with van der Waals surface area (Å²) < 4.78 is 0. The van der Waals surface area contributed by atoms with Gasteiger partial charge in [-0.05, 0) is 82.1 Å². The minimum Gasteiger partial charge on any atom is -0.343 e. The van der Waals surface area contributed by atoms with E-state index in [-0.39, 0.29) is 54.3 Å². The lowest BCUT2D eigenvalue weighted by molar-refractivity contribution is -0.152. The lowest BCUT2D eigenvalue weighted by Crippen LogP contribution is -2.60. The van der Waals surface area contributed by atoms with Crippen LogP contribution in [0.1, 0.15) is 123 Å². The summed E-state index contributed by atoms with van der Waals surface area (Å²) in [6.07, 6.45) is 3.39. The molecule has 0 unspecified atom stereocenters. The van der Waals surface area contributed by atoms with Crippen LogP contribution in [0.25, 0.3) is 0 Å². The van der Waals surface area contributed by atoms with Crippen LogP contribution < -0.4 is 21.3 Å². The molecular formula is C45H83N8O8. The van der Waals surface area contributed by atoms with Gasteiger partial charge in [0.15, 0.2) is 0 Å². The third-order valence-corrected chi connectivity index (χ3v) is 11.0. The molecule has 0 bridgehead atoms. The maximum absolute atomic E-state index is 14.3. The SMILES string of the molecule is CN[C@H](CC(C)C)C(=O)N[C@@H](C(=O)N(C)[C@H](CC(C)C)C(=O)N[C@H](C)C(=O)N[C@H](C)C(=O)N(C)[C@@H](CC(C)C)C(=O)N(C)[C@@H](CC(C)C)C(=O)N(C)[C@H]([C]=O)C(C)C)C(C)C. The fraction of sp³-hybridized carbons (Fsp3) is 0.822. The van der Waals surface area contributed by atoms with Gasteiger partial charge in [-0.25, -0.2) is 0 Å². The first kappa shape index (κ1) is 56.9. The molecule has 0 aromatic heterocycles. The van der Waals surface area contributed by atoms with Gasteiger partial charge in [-0.3, -0.25) is 38.4 Å². The van der Waals surface area contributed by atoms with E-state index in [9.17, 15) is 38.4 Å². The molecule has 4 N–H and O–H groups in total. The number of amides is 7. The Kier molecular flexibility index (Phi) is 24.6. The van der Waals surface area contributed by atoms with E-state index < -0.39 is 83.8 Å². The van der Waals surface area contributed by atoms with Crippen molar-refractivity contribution in [2.24, 2.45) is 35.5 Å². The highest BCUT2D eigenvalue weighted by molar-refractivity contribution is 5.97. The van der Waals surface area contributed by atoms with Crippen molar-refractivity contribution in [3.8, 4) is 0 Å². The number of rotatable bonds is 26. The second kappa shape index (κ2) is 26.4. The fourth-order valence-electron chi connectivity index (χ4n) is 7.26. The standard InChI is InChI=1S/C45H83N8O8/c1-25(2)20-33(46-15)40(56)49-38(30(11)12)45(61)50(16)34(21-26(3)4)41(57)47-31(13)39(55)48-32(14)42(58)51(17)35(22-27(5)6)43(59)52(18)36(23-28(7)8)44(60)53(19)37(24-54)29(9)10/h25-38,46H,20-23H2,1-19H3,(H,47,57)(H,48,55)(H,49,56)/t31-,32-,33-,34-,35+,36+,37-,38-/m1/s1. The maximum Gasteiger partial charge on any atom is 0.245 e. The van der Waals surface area contributed by atoms with Gasteiger partial charge < -0.3 is 40.9 Å². The van der Waals surface area contributed by atoms with Crippen molar-refractivity contribution < 1.29 is 38.4 Å². The highest BCUT2D eigenvalue weighted by Gasteiger charge is 2.40. The molecule has 0 spiro atoms. The van der Waals surface area contributed by atoms with Crippen molar-refractivity contribution in [3.63, 3.8) is 0 Å². The molecule has 0 aromatic carbocycles. The van der Waals surface area contributed by atoms with Gasteiger partial charge in [-0.15, -0.1) is 0 Å². The average Bonchev–Trinajstić information content (AvgIpc) is 3.16. The fourth-order valence-corrected chi connectivity index (χ4v) is 7.26. The number of carbonyl (C=O) groups is 7. The van der Waals surface area contributed by atoms with Crippen LogP contribution in [0.15, 0.2) is 0 Å². The zero-order valence-electron chi connectivity index (χ0n) is 41.0. The van der Waals surface area contributed by atoms with Crippen LogP contribution in [0.2, 0.25) is 0 Å². The molecule has 61 heavy (non-hydrogen) atoms. The molecule has 1 radical (unpaired) electrons. The van der Waals surface area contributed by atoms with Gasteiger partial charge in [-0.1, -0.05) is 83.1 Å². The zero-order chi connectivity index (χ0) is 47.8. The first-order chi connectivity index (χ1) is 28.0. The Morgan fingerprint density at radius 3 is 1.23 bits per heavy atom. The van der Waals surface area contributed by atoms with Crippen molar-refractivity contribution in [1.29, 1.82) is 0 Å². The third-order valence-electron chi connectivity index (χ3n) is 11.0. The molecular weight excluding hydrogens is 781 g/mol. The molecule has 0 aliphatic heterocycles. The minimum absolute atomic E-state index is 0.0119. The van der Waals surface area contributed by atoms with Gasteiger partial charge >= 0.3 is 0 Å². The van der Waals surface area contributed by atoms with Crippen LogP contribution in [0.3, 0.4) is 0 Å². The predicted molar refractivity (Wildman–Crippen MR) is 239 cm³/mol. The topological polar surface area (TPSA) is 198 Å². The van der Waals surface area contributed by atoms with Crippen LogP contribution in [-0.2, 0) is 38.4 Å². The van der Waals surface area contributed by atoms with Crippen molar-refractivity contribution in [2.45, 2.75) is 171 Å². The molecule has 0 aliphatic rings. The number of hydrogen-bond acceptors (Lipinski definition) is 9. The van der Waals surface area contributed by atoms with Gasteiger partial charge in [0.1, 0.15) is 42.3 Å². The molecule has 16 nitrogen and oxygen atoms in total. The molecule has 0 aliphatic carbocycles. The second-order valence-corrected chi connectivity index (χ2v) is 19.2. The predicted octanol–water partition coefficient (Wildman–Crippen LogP) is 2.98. The third kappa shape index (κ3) is 17.7. The van der Waals surface area contributed by atoms with Crippen LogP contribution >= 0.6 is 0 Å². The molecule has 0 aromatic rings. The summed E-state index contributed by atoms with van der Waals surface area (Å²) in [6, 6.07) is -7.29. The number of nitrogens with one attached hydrogen (secondary N) is 4. The van der Waals surface area contributed by atoms with E-state index in [0.717, 1.165) is 0 Å². The minimum atomic E-state index is -1.11. The Bertz CT molecular complexity index is 1470. The largest absolute Gasteiger partial charge is 0.343 e. The van der Waals surface area contributed by atoms with Crippen molar-refractivity contribution >= 4 is 47.6 Å². The van der Waals surface area contributed by atoms with Crippen molar-refractivity contribution in [2.75, 3.05) is 35.2 Å². The van der Waals surface area contributed by atoms with E-state index in [4.69, 9.17) is 0 Å². The van der Waals surface area contributed by atoms with Crippen LogP contribution in [0.5, 0.6) is 0 Å². The molecule has 0 heterocycles. The van der Waals surface area contributed by atoms with Crippen molar-refractivity contribution in [3.05, 3.63) is 0 Å². The smallest absolute Gasteiger partial charge is 0.245 e. The Morgan fingerprint density at radius 2 is 0.836 bits per heavy atom. The van der Waals surface area contributed by atoms with Gasteiger partial charge in [0.05, 0.1) is 6.04 Å². The first-order valence-electron chi connectivity index (χ1n) is 22.1. The highest BCUT2D eigenvalue weighted by atomic mass is 16.2. The number of hydrogen-bond donors (Lipinski definition) is 4. The van der Waals surface area contributed by atoms with Gasteiger partial charge in [0.2, 0.25) is 47.6 Å². The zero-order valence-corrected chi connectivity index (χ0v) is 41.0. The van der Waals surface area contributed by atoms with E-state index in [1.165, 1.54) is 61.6 Å². The second-order valence-electron chi connectivity index (χ2n) is 19.2. The Morgan fingerprint density at radius 1 is 0.443 bits per heavy atom. The first-order valence-corrected chi connectivity index (χ1v) is 22.1. The van der Waals surface area contributed by atoms with E-state index in [1.807, 2.05) is 89.4 Å². The van der Waals surface area contributed by atoms with Crippen LogP contribution in [0.4, 0.5) is 0 Å². The maximum atomic E-state index is 14.3. The number of nitrogens with zero attached hydrogens (tertiary/aromatic N) is 4. The summed E-state index contributed by atoms with van der Waals surface area (Å²) in [5.74, 6) is -3.66. The summed E-state index contributed by atoms with van der Waals surface area (Å²) in [7, 11) is 7.74.